The van der Waals surface area contributed by atoms with Gasteiger partial charge in [0.2, 0.25) is 0 Å². The number of halogens is 3. The normalized spacial score (nSPS) is 17.4. The van der Waals surface area contributed by atoms with Crippen molar-refractivity contribution in [3.05, 3.63) is 58.7 Å². The van der Waals surface area contributed by atoms with Crippen molar-refractivity contribution in [3.8, 4) is 5.75 Å². The number of hydrogen-bond acceptors (Lipinski definition) is 5. The van der Waals surface area contributed by atoms with Gasteiger partial charge in [-0.05, 0) is 67.5 Å². The van der Waals surface area contributed by atoms with Gasteiger partial charge in [-0.15, -0.1) is 0 Å². The highest BCUT2D eigenvalue weighted by molar-refractivity contribution is 7.90. The van der Waals surface area contributed by atoms with E-state index >= 15 is 0 Å². The zero-order valence-corrected chi connectivity index (χ0v) is 20.6. The van der Waals surface area contributed by atoms with Crippen LogP contribution in [0, 0.1) is 0 Å². The van der Waals surface area contributed by atoms with E-state index < -0.39 is 27.5 Å². The molecule has 2 aliphatic heterocycles. The number of benzene rings is 2. The van der Waals surface area contributed by atoms with Crippen LogP contribution in [0.4, 0.5) is 13.2 Å². The molecule has 1 amide bonds. The van der Waals surface area contributed by atoms with Gasteiger partial charge in [0.15, 0.2) is 15.4 Å². The van der Waals surface area contributed by atoms with Gasteiger partial charge in [0.1, 0.15) is 5.75 Å². The Kier molecular flexibility index (Phi) is 6.65. The first-order chi connectivity index (χ1) is 16.3. The number of amides is 1. The Balaban J connectivity index is 1.64. The second-order valence-corrected chi connectivity index (χ2v) is 11.6. The minimum absolute atomic E-state index is 0.170. The van der Waals surface area contributed by atoms with E-state index in [0.717, 1.165) is 62.3 Å². The summed E-state index contributed by atoms with van der Waals surface area (Å²) in [6.45, 7) is 3.68. The fraction of sp³-hybridized carbons (Fsp3) is 0.480. The number of carbonyl (C=O) groups excluding carboxylic acids is 1. The van der Waals surface area contributed by atoms with E-state index in [9.17, 15) is 26.4 Å². The van der Waals surface area contributed by atoms with Crippen molar-refractivity contribution in [2.45, 2.75) is 62.4 Å². The fourth-order valence-electron chi connectivity index (χ4n) is 4.34. The molecule has 35 heavy (non-hydrogen) atoms. The third-order valence-corrected chi connectivity index (χ3v) is 7.70. The van der Waals surface area contributed by atoms with Gasteiger partial charge >= 0.3 is 6.18 Å². The molecule has 2 aromatic rings. The van der Waals surface area contributed by atoms with Crippen LogP contribution < -0.4 is 4.74 Å². The molecule has 4 rings (SSSR count). The highest BCUT2D eigenvalue weighted by atomic mass is 32.2. The number of fused-ring (bicyclic) bond motifs is 1. The maximum Gasteiger partial charge on any atom is 0.427 e. The van der Waals surface area contributed by atoms with Crippen LogP contribution in [0.5, 0.6) is 5.75 Å². The van der Waals surface area contributed by atoms with Crippen LogP contribution in [-0.2, 0) is 27.7 Å². The number of sulfone groups is 1. The van der Waals surface area contributed by atoms with Crippen LogP contribution in [0.3, 0.4) is 0 Å². The van der Waals surface area contributed by atoms with Crippen molar-refractivity contribution >= 4 is 15.7 Å². The van der Waals surface area contributed by atoms with E-state index in [2.05, 4.69) is 6.07 Å². The monoisotopic (exact) mass is 511 g/mol. The molecule has 0 aliphatic carbocycles. The maximum absolute atomic E-state index is 13.5. The lowest BCUT2D eigenvalue weighted by Gasteiger charge is -2.30. The van der Waals surface area contributed by atoms with E-state index in [0.29, 0.717) is 19.1 Å². The van der Waals surface area contributed by atoms with Gasteiger partial charge in [-0.3, -0.25) is 4.79 Å². The molecule has 0 radical (unpaired) electrons. The van der Waals surface area contributed by atoms with E-state index in [-0.39, 0.29) is 29.3 Å². The molecular weight excluding hydrogens is 483 g/mol. The first-order valence-corrected chi connectivity index (χ1v) is 13.2. The number of nitrogens with zero attached hydrogens (tertiary/aromatic N) is 1. The van der Waals surface area contributed by atoms with Crippen molar-refractivity contribution in [1.29, 1.82) is 0 Å². The molecule has 0 saturated carbocycles. The second-order valence-electron chi connectivity index (χ2n) is 9.62. The Bertz CT molecular complexity index is 1230. The number of ether oxygens (including phenoxy) is 2. The zero-order valence-electron chi connectivity index (χ0n) is 19.8. The number of alkyl halides is 3. The molecule has 0 bridgehead atoms. The predicted molar refractivity (Wildman–Crippen MR) is 123 cm³/mol. The highest BCUT2D eigenvalue weighted by Gasteiger charge is 2.50. The van der Waals surface area contributed by atoms with Crippen LogP contribution in [0.25, 0.3) is 0 Å². The molecule has 190 valence electrons. The Morgan fingerprint density at radius 2 is 1.69 bits per heavy atom. The summed E-state index contributed by atoms with van der Waals surface area (Å²) in [5.74, 6) is -0.522. The number of carbonyl (C=O) groups is 1. The van der Waals surface area contributed by atoms with E-state index in [1.807, 2.05) is 12.1 Å². The van der Waals surface area contributed by atoms with E-state index in [1.54, 1.807) is 0 Å². The van der Waals surface area contributed by atoms with Crippen LogP contribution in [0.1, 0.15) is 59.7 Å². The lowest BCUT2D eigenvalue weighted by Crippen LogP contribution is -2.45. The van der Waals surface area contributed by atoms with Crippen molar-refractivity contribution in [2.24, 2.45) is 0 Å². The topological polar surface area (TPSA) is 72.9 Å². The lowest BCUT2D eigenvalue weighted by molar-refractivity contribution is -0.234. The highest BCUT2D eigenvalue weighted by Crippen LogP contribution is 2.38. The summed E-state index contributed by atoms with van der Waals surface area (Å²) >= 11 is 0. The second kappa shape index (κ2) is 9.13. The lowest BCUT2D eigenvalue weighted by atomic mass is 9.90. The zero-order chi connectivity index (χ0) is 25.6. The summed E-state index contributed by atoms with van der Waals surface area (Å²) in [6.07, 6.45) is -1.88. The molecule has 0 unspecified atom stereocenters. The summed E-state index contributed by atoms with van der Waals surface area (Å²) in [5.41, 5.74) is 0.298. The Morgan fingerprint density at radius 3 is 2.31 bits per heavy atom. The largest absolute Gasteiger partial charge is 0.478 e. The molecule has 0 N–H and O–H groups in total. The first-order valence-electron chi connectivity index (χ1n) is 11.3. The van der Waals surface area contributed by atoms with Crippen LogP contribution >= 0.6 is 0 Å². The number of rotatable bonds is 5. The standard InChI is InChI=1S/C25H28F3NO5S/c1-24(2,25(26,27)28)34-22-7-6-20(35(3,31)32)13-21(22)23(30)29-14-18-5-4-17(12-19(18)15-29)16-8-10-33-11-9-16/h4-7,12-13,16H,8-11,14-15H2,1-3H3. The maximum atomic E-state index is 13.5. The van der Waals surface area contributed by atoms with Gasteiger partial charge < -0.3 is 14.4 Å². The van der Waals surface area contributed by atoms with Crippen molar-refractivity contribution in [1.82, 2.24) is 4.90 Å². The minimum atomic E-state index is -4.70. The minimum Gasteiger partial charge on any atom is -0.478 e. The van der Waals surface area contributed by atoms with Crippen molar-refractivity contribution in [3.63, 3.8) is 0 Å². The summed E-state index contributed by atoms with van der Waals surface area (Å²) in [6, 6.07) is 9.46. The van der Waals surface area contributed by atoms with Gasteiger partial charge in [0.05, 0.1) is 10.5 Å². The molecule has 2 aliphatic rings. The van der Waals surface area contributed by atoms with Crippen molar-refractivity contribution < 1.29 is 35.9 Å². The molecule has 2 heterocycles. The smallest absolute Gasteiger partial charge is 0.427 e. The Hall–Kier alpha value is -2.59. The number of hydrogen-bond donors (Lipinski definition) is 0. The van der Waals surface area contributed by atoms with E-state index in [4.69, 9.17) is 9.47 Å². The van der Waals surface area contributed by atoms with Gasteiger partial charge in [0, 0.05) is 32.6 Å². The fourth-order valence-corrected chi connectivity index (χ4v) is 4.99. The first kappa shape index (κ1) is 25.5. The molecule has 1 saturated heterocycles. The Labute approximate surface area is 202 Å². The molecule has 6 nitrogen and oxygen atoms in total. The van der Waals surface area contributed by atoms with Gasteiger partial charge in [0.25, 0.3) is 5.91 Å². The van der Waals surface area contributed by atoms with Gasteiger partial charge in [-0.25, -0.2) is 8.42 Å². The van der Waals surface area contributed by atoms with E-state index in [1.165, 1.54) is 10.5 Å². The van der Waals surface area contributed by atoms with Crippen molar-refractivity contribution in [2.75, 3.05) is 19.5 Å². The molecule has 0 aromatic heterocycles. The average molecular weight is 512 g/mol. The molecular formula is C25H28F3NO5S. The van der Waals surface area contributed by atoms with Gasteiger partial charge in [-0.2, -0.15) is 13.2 Å². The molecule has 10 heteroatoms. The summed E-state index contributed by atoms with van der Waals surface area (Å²) in [7, 11) is -3.70. The van der Waals surface area contributed by atoms with Crippen LogP contribution in [0.2, 0.25) is 0 Å². The summed E-state index contributed by atoms with van der Waals surface area (Å²) in [5, 5.41) is 0. The van der Waals surface area contributed by atoms with Crippen LogP contribution in [0.15, 0.2) is 41.3 Å². The molecule has 2 aromatic carbocycles. The third-order valence-electron chi connectivity index (χ3n) is 6.59. The summed E-state index contributed by atoms with van der Waals surface area (Å²) in [4.78, 5) is 14.8. The summed E-state index contributed by atoms with van der Waals surface area (Å²) < 4.78 is 75.3. The molecule has 0 spiro atoms. The Morgan fingerprint density at radius 1 is 1.03 bits per heavy atom. The SMILES string of the molecule is CC(C)(Oc1ccc(S(C)(=O)=O)cc1C(=O)N1Cc2ccc(C3CCOCC3)cc2C1)C(F)(F)F. The quantitative estimate of drug-likeness (QED) is 0.573. The van der Waals surface area contributed by atoms with Crippen LogP contribution in [-0.4, -0.2) is 50.5 Å². The molecule has 1 fully saturated rings. The third kappa shape index (κ3) is 5.33. The predicted octanol–water partition coefficient (Wildman–Crippen LogP) is 4.86. The molecule has 0 atom stereocenters. The van der Waals surface area contributed by atoms with Gasteiger partial charge in [-0.1, -0.05) is 18.2 Å². The average Bonchev–Trinajstić information content (AvgIpc) is 3.21.